The normalized spacial score (nSPS) is 17.3. The van der Waals surface area contributed by atoms with E-state index in [4.69, 9.17) is 9.47 Å². The van der Waals surface area contributed by atoms with Crippen molar-refractivity contribution in [2.75, 3.05) is 40.4 Å². The van der Waals surface area contributed by atoms with E-state index in [1.165, 1.54) is 12.0 Å². The lowest BCUT2D eigenvalue weighted by atomic mass is 9.94. The number of aryl methyl sites for hydroxylation is 1. The summed E-state index contributed by atoms with van der Waals surface area (Å²) in [6, 6.07) is 6.28. The summed E-state index contributed by atoms with van der Waals surface area (Å²) in [4.78, 5) is 45.2. The van der Waals surface area contributed by atoms with Crippen molar-refractivity contribution < 1.29 is 29.0 Å². The standard InChI is InChI=1S/C26H33N3O6/c1-7-28(8-2)13-14-29-22(17-9-11-18(34-5)12-10-17)20(24(31)25(29)32)23(30)19-15(3)21(26(33)35-6)27-16(19)4/h9-12,22,27,30H,7-8,13-14H2,1-6H3/t22-/m1/s1. The number of aliphatic hydroxyl groups is 1. The van der Waals surface area contributed by atoms with Gasteiger partial charge in [-0.15, -0.1) is 0 Å². The van der Waals surface area contributed by atoms with Crippen LogP contribution in [0.4, 0.5) is 0 Å². The maximum atomic E-state index is 13.3. The molecule has 1 aliphatic heterocycles. The second-order valence-electron chi connectivity index (χ2n) is 8.41. The second-order valence-corrected chi connectivity index (χ2v) is 8.41. The van der Waals surface area contributed by atoms with Crippen LogP contribution in [-0.2, 0) is 14.3 Å². The van der Waals surface area contributed by atoms with Crippen LogP contribution >= 0.6 is 0 Å². The first kappa shape index (κ1) is 26.0. The summed E-state index contributed by atoms with van der Waals surface area (Å²) in [7, 11) is 2.82. The number of ether oxygens (including phenoxy) is 2. The molecule has 1 atom stereocenters. The van der Waals surface area contributed by atoms with Gasteiger partial charge in [0, 0.05) is 24.3 Å². The molecule has 1 aromatic carbocycles. The summed E-state index contributed by atoms with van der Waals surface area (Å²) in [5.41, 5.74) is 2.08. The molecule has 1 aromatic heterocycles. The van der Waals surface area contributed by atoms with Gasteiger partial charge in [0.1, 0.15) is 17.2 Å². The minimum atomic E-state index is -0.785. The van der Waals surface area contributed by atoms with Crippen molar-refractivity contribution in [2.45, 2.75) is 33.7 Å². The SMILES string of the molecule is CCN(CC)CCN1C(=O)C(=O)C(=C(O)c2c(C)[nH]c(C(=O)OC)c2C)[C@H]1c1ccc(OC)cc1. The van der Waals surface area contributed by atoms with E-state index in [0.29, 0.717) is 41.2 Å². The van der Waals surface area contributed by atoms with Gasteiger partial charge in [0.15, 0.2) is 0 Å². The molecule has 3 rings (SSSR count). The zero-order chi connectivity index (χ0) is 25.9. The predicted octanol–water partition coefficient (Wildman–Crippen LogP) is 3.19. The molecule has 9 heteroatoms. The smallest absolute Gasteiger partial charge is 0.354 e. The Morgan fingerprint density at radius 2 is 1.74 bits per heavy atom. The number of Topliss-reactive ketones (excluding diaryl/α,β-unsaturated/α-hetero) is 1. The summed E-state index contributed by atoms with van der Waals surface area (Å²) >= 11 is 0. The number of hydrogen-bond acceptors (Lipinski definition) is 7. The van der Waals surface area contributed by atoms with Gasteiger partial charge >= 0.3 is 5.97 Å². The largest absolute Gasteiger partial charge is 0.507 e. The minimum Gasteiger partial charge on any atom is -0.507 e. The molecule has 0 radical (unpaired) electrons. The number of likely N-dealkylation sites (tertiary alicyclic amines) is 1. The van der Waals surface area contributed by atoms with Crippen LogP contribution < -0.4 is 4.74 Å². The fourth-order valence-electron chi connectivity index (χ4n) is 4.58. The van der Waals surface area contributed by atoms with Gasteiger partial charge in [0.25, 0.3) is 11.7 Å². The number of aromatic nitrogens is 1. The Kier molecular flexibility index (Phi) is 8.01. The van der Waals surface area contributed by atoms with E-state index < -0.39 is 23.7 Å². The summed E-state index contributed by atoms with van der Waals surface area (Å²) in [5, 5.41) is 11.4. The topological polar surface area (TPSA) is 112 Å². The number of carbonyl (C=O) groups excluding carboxylic acids is 3. The Balaban J connectivity index is 2.17. The van der Waals surface area contributed by atoms with Gasteiger partial charge in [-0.2, -0.15) is 0 Å². The summed E-state index contributed by atoms with van der Waals surface area (Å²) in [5.74, 6) is -1.71. The monoisotopic (exact) mass is 483 g/mol. The number of hydrogen-bond donors (Lipinski definition) is 2. The molecule has 1 fully saturated rings. The molecule has 2 N–H and O–H groups in total. The summed E-state index contributed by atoms with van der Waals surface area (Å²) in [6.45, 7) is 9.94. The Morgan fingerprint density at radius 3 is 2.29 bits per heavy atom. The number of nitrogens with zero attached hydrogens (tertiary/aromatic N) is 2. The maximum absolute atomic E-state index is 13.3. The third-order valence-corrected chi connectivity index (χ3v) is 6.59. The highest BCUT2D eigenvalue weighted by Gasteiger charge is 2.46. The zero-order valence-electron chi connectivity index (χ0n) is 21.1. The Labute approximate surface area is 205 Å². The third-order valence-electron chi connectivity index (χ3n) is 6.59. The molecule has 0 unspecified atom stereocenters. The van der Waals surface area contributed by atoms with Gasteiger partial charge < -0.3 is 29.4 Å². The van der Waals surface area contributed by atoms with E-state index in [9.17, 15) is 19.5 Å². The molecule has 2 aromatic rings. The van der Waals surface area contributed by atoms with Crippen LogP contribution in [0, 0.1) is 13.8 Å². The van der Waals surface area contributed by atoms with Crippen molar-refractivity contribution in [3.63, 3.8) is 0 Å². The van der Waals surface area contributed by atoms with Crippen molar-refractivity contribution in [3.05, 3.63) is 57.9 Å². The molecule has 2 heterocycles. The van der Waals surface area contributed by atoms with Crippen molar-refractivity contribution in [1.82, 2.24) is 14.8 Å². The first-order valence-electron chi connectivity index (χ1n) is 11.6. The van der Waals surface area contributed by atoms with E-state index in [-0.39, 0.29) is 17.0 Å². The number of benzene rings is 1. The van der Waals surface area contributed by atoms with E-state index in [0.717, 1.165) is 13.1 Å². The number of ketones is 1. The van der Waals surface area contributed by atoms with E-state index >= 15 is 0 Å². The van der Waals surface area contributed by atoms with Gasteiger partial charge in [-0.05, 0) is 50.2 Å². The van der Waals surface area contributed by atoms with Gasteiger partial charge in [-0.3, -0.25) is 9.59 Å². The van der Waals surface area contributed by atoms with Crippen LogP contribution in [0.3, 0.4) is 0 Å². The predicted molar refractivity (Wildman–Crippen MR) is 131 cm³/mol. The number of methoxy groups -OCH3 is 2. The van der Waals surface area contributed by atoms with Gasteiger partial charge in [-0.1, -0.05) is 26.0 Å². The quantitative estimate of drug-likeness (QED) is 0.244. The fraction of sp³-hybridized carbons (Fsp3) is 0.423. The summed E-state index contributed by atoms with van der Waals surface area (Å²) in [6.07, 6.45) is 0. The minimum absolute atomic E-state index is 0.0127. The number of nitrogens with one attached hydrogen (secondary N) is 1. The van der Waals surface area contributed by atoms with E-state index in [1.54, 1.807) is 45.2 Å². The third kappa shape index (κ3) is 4.81. The lowest BCUT2D eigenvalue weighted by Crippen LogP contribution is -2.38. The van der Waals surface area contributed by atoms with E-state index in [1.807, 2.05) is 13.8 Å². The van der Waals surface area contributed by atoms with Crippen LogP contribution in [0.5, 0.6) is 5.75 Å². The lowest BCUT2D eigenvalue weighted by Gasteiger charge is -2.28. The second kappa shape index (κ2) is 10.8. The highest BCUT2D eigenvalue weighted by atomic mass is 16.5. The molecule has 1 amide bonds. The van der Waals surface area contributed by atoms with Crippen LogP contribution in [0.1, 0.15) is 52.8 Å². The number of likely N-dealkylation sites (N-methyl/N-ethyl adjacent to an activating group) is 1. The number of rotatable bonds is 9. The Bertz CT molecular complexity index is 1140. The fourth-order valence-corrected chi connectivity index (χ4v) is 4.58. The molecule has 0 bridgehead atoms. The highest BCUT2D eigenvalue weighted by Crippen LogP contribution is 2.41. The molecule has 0 aliphatic carbocycles. The molecule has 0 saturated carbocycles. The van der Waals surface area contributed by atoms with Gasteiger partial charge in [0.05, 0.1) is 25.8 Å². The van der Waals surface area contributed by atoms with Crippen molar-refractivity contribution >= 4 is 23.4 Å². The number of aromatic amines is 1. The maximum Gasteiger partial charge on any atom is 0.354 e. The molecule has 188 valence electrons. The Morgan fingerprint density at radius 1 is 1.11 bits per heavy atom. The number of carbonyl (C=O) groups is 3. The Hall–Kier alpha value is -3.59. The first-order valence-corrected chi connectivity index (χ1v) is 11.6. The van der Waals surface area contributed by atoms with Crippen LogP contribution in [0.2, 0.25) is 0 Å². The average molecular weight is 484 g/mol. The molecular formula is C26H33N3O6. The van der Waals surface area contributed by atoms with Crippen molar-refractivity contribution in [3.8, 4) is 5.75 Å². The highest BCUT2D eigenvalue weighted by molar-refractivity contribution is 6.46. The molecule has 0 spiro atoms. The number of H-pyrrole nitrogens is 1. The number of amides is 1. The lowest BCUT2D eigenvalue weighted by molar-refractivity contribution is -0.140. The van der Waals surface area contributed by atoms with Gasteiger partial charge in [-0.25, -0.2) is 4.79 Å². The summed E-state index contributed by atoms with van der Waals surface area (Å²) < 4.78 is 10.1. The average Bonchev–Trinajstić information content (AvgIpc) is 3.30. The first-order chi connectivity index (χ1) is 16.7. The number of aliphatic hydroxyl groups excluding tert-OH is 1. The van der Waals surface area contributed by atoms with Gasteiger partial charge in [0.2, 0.25) is 0 Å². The van der Waals surface area contributed by atoms with Crippen LogP contribution in [0.25, 0.3) is 5.76 Å². The van der Waals surface area contributed by atoms with Crippen LogP contribution in [-0.4, -0.2) is 77.9 Å². The van der Waals surface area contributed by atoms with Crippen molar-refractivity contribution in [2.24, 2.45) is 0 Å². The molecule has 9 nitrogen and oxygen atoms in total. The van der Waals surface area contributed by atoms with Crippen molar-refractivity contribution in [1.29, 1.82) is 0 Å². The molecular weight excluding hydrogens is 450 g/mol. The van der Waals surface area contributed by atoms with Crippen LogP contribution in [0.15, 0.2) is 29.8 Å². The molecule has 1 saturated heterocycles. The molecule has 35 heavy (non-hydrogen) atoms. The number of esters is 1. The molecule has 1 aliphatic rings. The zero-order valence-corrected chi connectivity index (χ0v) is 21.1. The van der Waals surface area contributed by atoms with E-state index in [2.05, 4.69) is 9.88 Å².